The molecule has 6 heteroatoms. The van der Waals surface area contributed by atoms with Crippen LogP contribution in [0.3, 0.4) is 0 Å². The summed E-state index contributed by atoms with van der Waals surface area (Å²) >= 11 is 0. The first-order valence-electron chi connectivity index (χ1n) is 5.74. The van der Waals surface area contributed by atoms with Crippen LogP contribution in [0.25, 0.3) is 0 Å². The topological polar surface area (TPSA) is 83.4 Å². The molecule has 1 atom stereocenters. The van der Waals surface area contributed by atoms with Crippen molar-refractivity contribution in [2.75, 3.05) is 6.61 Å². The van der Waals surface area contributed by atoms with E-state index in [0.717, 1.165) is 17.7 Å². The summed E-state index contributed by atoms with van der Waals surface area (Å²) in [5.74, 6) is 7.00. The van der Waals surface area contributed by atoms with Gasteiger partial charge < -0.3 is 9.26 Å². The minimum atomic E-state index is 0.102. The normalized spacial score (nSPS) is 18.2. The monoisotopic (exact) mass is 247 g/mol. The summed E-state index contributed by atoms with van der Waals surface area (Å²) in [6.07, 6.45) is 0.833. The number of hydrogen-bond acceptors (Lipinski definition) is 6. The van der Waals surface area contributed by atoms with Gasteiger partial charge in [-0.1, -0.05) is 23.4 Å². The minimum Gasteiger partial charge on any atom is -0.493 e. The molecule has 0 bridgehead atoms. The molecule has 2 aromatic rings. The third kappa shape index (κ3) is 1.96. The highest BCUT2D eigenvalue weighted by Crippen LogP contribution is 2.36. The van der Waals surface area contributed by atoms with Crippen LogP contribution in [-0.4, -0.2) is 16.7 Å². The summed E-state index contributed by atoms with van der Waals surface area (Å²) in [6, 6.07) is 7.90. The van der Waals surface area contributed by atoms with E-state index < -0.39 is 0 Å². The molecule has 1 aromatic heterocycles. The molecule has 0 spiro atoms. The van der Waals surface area contributed by atoms with Gasteiger partial charge in [-0.15, -0.1) is 0 Å². The van der Waals surface area contributed by atoms with Gasteiger partial charge in [-0.25, -0.2) is 5.90 Å². The lowest BCUT2D eigenvalue weighted by atomic mass is 9.92. The number of aromatic nitrogens is 2. The number of nitrogens with two attached hydrogens (primary N) is 1. The maximum atomic E-state index is 5.60. The Balaban J connectivity index is 1.92. The average Bonchev–Trinajstić information content (AvgIpc) is 2.87. The van der Waals surface area contributed by atoms with Crippen LogP contribution in [0, 0.1) is 0 Å². The number of para-hydroxylation sites is 1. The molecule has 0 saturated heterocycles. The van der Waals surface area contributed by atoms with Crippen molar-refractivity contribution in [3.63, 3.8) is 0 Å². The van der Waals surface area contributed by atoms with E-state index in [1.54, 1.807) is 0 Å². The van der Waals surface area contributed by atoms with Crippen LogP contribution in [0.15, 0.2) is 28.8 Å². The van der Waals surface area contributed by atoms with Gasteiger partial charge in [0.25, 0.3) is 5.89 Å². The predicted molar refractivity (Wildman–Crippen MR) is 61.7 cm³/mol. The lowest BCUT2D eigenvalue weighted by molar-refractivity contribution is 0.0995. The molecule has 94 valence electrons. The van der Waals surface area contributed by atoms with Crippen molar-refractivity contribution in [2.24, 2.45) is 5.90 Å². The van der Waals surface area contributed by atoms with Crippen molar-refractivity contribution in [3.8, 4) is 5.75 Å². The Labute approximate surface area is 104 Å². The highest BCUT2D eigenvalue weighted by Gasteiger charge is 2.26. The molecule has 6 nitrogen and oxygen atoms in total. The first-order valence-corrected chi connectivity index (χ1v) is 5.74. The summed E-state index contributed by atoms with van der Waals surface area (Å²) in [5, 5.41) is 3.98. The SMILES string of the molecule is NOCc1nc(C2CCOc3ccccc32)no1. The highest BCUT2D eigenvalue weighted by molar-refractivity contribution is 5.40. The average molecular weight is 247 g/mol. The van der Waals surface area contributed by atoms with Gasteiger partial charge in [0.2, 0.25) is 0 Å². The van der Waals surface area contributed by atoms with Gasteiger partial charge in [0.05, 0.1) is 12.5 Å². The van der Waals surface area contributed by atoms with Crippen molar-refractivity contribution in [2.45, 2.75) is 18.9 Å². The molecule has 0 fully saturated rings. The molecule has 18 heavy (non-hydrogen) atoms. The Bertz CT molecular complexity index is 541. The van der Waals surface area contributed by atoms with Gasteiger partial charge in [-0.2, -0.15) is 4.98 Å². The number of ether oxygens (including phenoxy) is 1. The van der Waals surface area contributed by atoms with E-state index >= 15 is 0 Å². The molecular weight excluding hydrogens is 234 g/mol. The number of nitrogens with zero attached hydrogens (tertiary/aromatic N) is 2. The molecule has 2 heterocycles. The Morgan fingerprint density at radius 1 is 1.39 bits per heavy atom. The molecule has 1 aliphatic rings. The molecular formula is C12H13N3O3. The standard InChI is InChI=1S/C12H13N3O3/c13-17-7-11-14-12(15-18-11)9-5-6-16-10-4-2-1-3-8(9)10/h1-4,9H,5-7,13H2. The Hall–Kier alpha value is -1.92. The van der Waals surface area contributed by atoms with Gasteiger partial charge >= 0.3 is 0 Å². The lowest BCUT2D eigenvalue weighted by Gasteiger charge is -2.23. The van der Waals surface area contributed by atoms with E-state index in [1.165, 1.54) is 0 Å². The Kier molecular flexibility index (Phi) is 2.95. The number of benzene rings is 1. The second-order valence-electron chi connectivity index (χ2n) is 4.08. The third-order valence-corrected chi connectivity index (χ3v) is 2.96. The largest absolute Gasteiger partial charge is 0.493 e. The molecule has 1 aliphatic heterocycles. The lowest BCUT2D eigenvalue weighted by Crippen LogP contribution is -2.16. The van der Waals surface area contributed by atoms with Crippen LogP contribution in [0.5, 0.6) is 5.75 Å². The van der Waals surface area contributed by atoms with Crippen LogP contribution >= 0.6 is 0 Å². The fourth-order valence-corrected chi connectivity index (χ4v) is 2.15. The first-order chi connectivity index (χ1) is 8.88. The van der Waals surface area contributed by atoms with Gasteiger partial charge in [0.1, 0.15) is 12.4 Å². The molecule has 0 saturated carbocycles. The zero-order valence-electron chi connectivity index (χ0n) is 9.70. The summed E-state index contributed by atoms with van der Waals surface area (Å²) in [5.41, 5.74) is 1.09. The van der Waals surface area contributed by atoms with Crippen LogP contribution in [0.2, 0.25) is 0 Å². The van der Waals surface area contributed by atoms with Crippen LogP contribution < -0.4 is 10.6 Å². The molecule has 0 radical (unpaired) electrons. The number of hydrogen-bond donors (Lipinski definition) is 1. The fourth-order valence-electron chi connectivity index (χ4n) is 2.15. The molecule has 0 aliphatic carbocycles. The maximum absolute atomic E-state index is 5.60. The quantitative estimate of drug-likeness (QED) is 0.825. The van der Waals surface area contributed by atoms with Gasteiger partial charge in [0, 0.05) is 5.56 Å². The van der Waals surface area contributed by atoms with Crippen molar-refractivity contribution in [1.82, 2.24) is 10.1 Å². The molecule has 1 aromatic carbocycles. The zero-order chi connectivity index (χ0) is 12.4. The van der Waals surface area contributed by atoms with E-state index in [4.69, 9.17) is 15.2 Å². The van der Waals surface area contributed by atoms with E-state index in [1.807, 2.05) is 24.3 Å². The van der Waals surface area contributed by atoms with Crippen molar-refractivity contribution < 1.29 is 14.1 Å². The van der Waals surface area contributed by atoms with E-state index in [-0.39, 0.29) is 12.5 Å². The maximum Gasteiger partial charge on any atom is 0.254 e. The van der Waals surface area contributed by atoms with Crippen molar-refractivity contribution in [3.05, 3.63) is 41.5 Å². The van der Waals surface area contributed by atoms with Gasteiger partial charge in [0.15, 0.2) is 5.82 Å². The highest BCUT2D eigenvalue weighted by atomic mass is 16.6. The van der Waals surface area contributed by atoms with E-state index in [9.17, 15) is 0 Å². The van der Waals surface area contributed by atoms with E-state index in [2.05, 4.69) is 15.0 Å². The molecule has 1 unspecified atom stereocenters. The summed E-state index contributed by atoms with van der Waals surface area (Å²) < 4.78 is 10.7. The summed E-state index contributed by atoms with van der Waals surface area (Å²) in [7, 11) is 0. The smallest absolute Gasteiger partial charge is 0.254 e. The second kappa shape index (κ2) is 4.75. The molecule has 2 N–H and O–H groups in total. The molecule has 3 rings (SSSR count). The van der Waals surface area contributed by atoms with Crippen molar-refractivity contribution >= 4 is 0 Å². The van der Waals surface area contributed by atoms with Gasteiger partial charge in [-0.3, -0.25) is 4.84 Å². The summed E-state index contributed by atoms with van der Waals surface area (Å²) in [4.78, 5) is 8.76. The second-order valence-corrected chi connectivity index (χ2v) is 4.08. The van der Waals surface area contributed by atoms with Crippen LogP contribution in [-0.2, 0) is 11.4 Å². The third-order valence-electron chi connectivity index (χ3n) is 2.96. The van der Waals surface area contributed by atoms with Crippen LogP contribution in [0.1, 0.15) is 29.6 Å². The Morgan fingerprint density at radius 3 is 3.17 bits per heavy atom. The van der Waals surface area contributed by atoms with E-state index in [0.29, 0.717) is 18.3 Å². The molecule has 0 amide bonds. The van der Waals surface area contributed by atoms with Crippen LogP contribution in [0.4, 0.5) is 0 Å². The fraction of sp³-hybridized carbons (Fsp3) is 0.333. The van der Waals surface area contributed by atoms with Gasteiger partial charge in [-0.05, 0) is 12.5 Å². The zero-order valence-corrected chi connectivity index (χ0v) is 9.70. The minimum absolute atomic E-state index is 0.102. The summed E-state index contributed by atoms with van der Waals surface area (Å²) in [6.45, 7) is 0.775. The Morgan fingerprint density at radius 2 is 2.28 bits per heavy atom. The van der Waals surface area contributed by atoms with Crippen molar-refractivity contribution in [1.29, 1.82) is 0 Å². The number of rotatable bonds is 3. The number of fused-ring (bicyclic) bond motifs is 1. The predicted octanol–water partition coefficient (Wildman–Crippen LogP) is 1.37. The first kappa shape index (κ1) is 11.2.